The van der Waals surface area contributed by atoms with Gasteiger partial charge in [-0.3, -0.25) is 4.98 Å². The summed E-state index contributed by atoms with van der Waals surface area (Å²) in [5.74, 6) is 0.607. The van der Waals surface area contributed by atoms with Crippen molar-refractivity contribution < 1.29 is 4.74 Å². The molecule has 0 aliphatic carbocycles. The van der Waals surface area contributed by atoms with Crippen LogP contribution in [-0.2, 0) is 6.54 Å². The molecule has 1 aromatic rings. The van der Waals surface area contributed by atoms with Gasteiger partial charge in [0.05, 0.1) is 24.2 Å². The molecule has 0 saturated heterocycles. The van der Waals surface area contributed by atoms with Crippen molar-refractivity contribution in [3.8, 4) is 5.88 Å². The molecule has 0 aliphatic heterocycles. The monoisotopic (exact) mass is 251 g/mol. The smallest absolute Gasteiger partial charge is 0.232 e. The van der Waals surface area contributed by atoms with E-state index < -0.39 is 0 Å². The molecule has 1 atom stereocenters. The van der Waals surface area contributed by atoms with E-state index in [1.165, 1.54) is 0 Å². The first-order valence-electron chi connectivity index (χ1n) is 6.63. The Morgan fingerprint density at radius 3 is 2.50 bits per heavy atom. The topological polar surface area (TPSA) is 47.0 Å². The second-order valence-corrected chi connectivity index (χ2v) is 5.67. The predicted octanol–water partition coefficient (Wildman–Crippen LogP) is 2.93. The van der Waals surface area contributed by atoms with Crippen molar-refractivity contribution in [2.45, 2.75) is 65.6 Å². The van der Waals surface area contributed by atoms with E-state index in [0.717, 1.165) is 25.1 Å². The third-order valence-corrected chi connectivity index (χ3v) is 2.50. The van der Waals surface area contributed by atoms with Gasteiger partial charge in [0.15, 0.2) is 0 Å². The summed E-state index contributed by atoms with van der Waals surface area (Å²) in [4.78, 5) is 8.62. The van der Waals surface area contributed by atoms with Crippen molar-refractivity contribution in [2.24, 2.45) is 0 Å². The van der Waals surface area contributed by atoms with Gasteiger partial charge < -0.3 is 10.1 Å². The summed E-state index contributed by atoms with van der Waals surface area (Å²) >= 11 is 0. The van der Waals surface area contributed by atoms with E-state index in [2.05, 4.69) is 49.9 Å². The lowest BCUT2D eigenvalue weighted by Gasteiger charge is -2.20. The average Bonchev–Trinajstić information content (AvgIpc) is 2.27. The van der Waals surface area contributed by atoms with Crippen LogP contribution in [0.25, 0.3) is 0 Å². The van der Waals surface area contributed by atoms with Crippen LogP contribution >= 0.6 is 0 Å². The minimum atomic E-state index is 0.0898. The molecule has 4 heteroatoms. The Kier molecular flexibility index (Phi) is 5.54. The second kappa shape index (κ2) is 6.69. The second-order valence-electron chi connectivity index (χ2n) is 5.67. The van der Waals surface area contributed by atoms with E-state index in [4.69, 9.17) is 4.74 Å². The largest absolute Gasteiger partial charge is 0.474 e. The standard InChI is InChI=1S/C14H25N3O/c1-6-7-11(2)18-13-10-15-12(8-16-13)9-17-14(3,4)5/h8,10-11,17H,6-7,9H2,1-5H3. The Morgan fingerprint density at radius 2 is 2.00 bits per heavy atom. The van der Waals surface area contributed by atoms with E-state index in [-0.39, 0.29) is 11.6 Å². The zero-order valence-corrected chi connectivity index (χ0v) is 12.2. The molecule has 102 valence electrons. The molecule has 4 nitrogen and oxygen atoms in total. The summed E-state index contributed by atoms with van der Waals surface area (Å²) in [6.07, 6.45) is 5.82. The lowest BCUT2D eigenvalue weighted by atomic mass is 10.1. The number of aromatic nitrogens is 2. The first-order chi connectivity index (χ1) is 8.40. The lowest BCUT2D eigenvalue weighted by Crippen LogP contribution is -2.35. The molecule has 1 heterocycles. The van der Waals surface area contributed by atoms with Crippen LogP contribution in [0.5, 0.6) is 5.88 Å². The Balaban J connectivity index is 2.47. The van der Waals surface area contributed by atoms with Gasteiger partial charge in [0.2, 0.25) is 5.88 Å². The summed E-state index contributed by atoms with van der Waals surface area (Å²) in [5, 5.41) is 3.38. The maximum absolute atomic E-state index is 5.66. The maximum atomic E-state index is 5.66. The predicted molar refractivity (Wildman–Crippen MR) is 73.6 cm³/mol. The molecule has 0 bridgehead atoms. The fraction of sp³-hybridized carbons (Fsp3) is 0.714. The molecule has 1 aromatic heterocycles. The van der Waals surface area contributed by atoms with Crippen molar-refractivity contribution in [1.82, 2.24) is 15.3 Å². The first kappa shape index (κ1) is 14.9. The summed E-state index contributed by atoms with van der Waals surface area (Å²) in [6.45, 7) is 11.3. The quantitative estimate of drug-likeness (QED) is 0.844. The van der Waals surface area contributed by atoms with Gasteiger partial charge in [0.1, 0.15) is 0 Å². The van der Waals surface area contributed by atoms with Gasteiger partial charge in [0.25, 0.3) is 0 Å². The van der Waals surface area contributed by atoms with Gasteiger partial charge in [-0.25, -0.2) is 4.98 Å². The summed E-state index contributed by atoms with van der Waals surface area (Å²) in [5.41, 5.74) is 1.02. The van der Waals surface area contributed by atoms with E-state index in [1.807, 2.05) is 0 Å². The van der Waals surface area contributed by atoms with Crippen molar-refractivity contribution in [3.63, 3.8) is 0 Å². The van der Waals surface area contributed by atoms with Gasteiger partial charge in [0, 0.05) is 12.1 Å². The highest BCUT2D eigenvalue weighted by molar-refractivity contribution is 5.07. The van der Waals surface area contributed by atoms with Crippen molar-refractivity contribution in [2.75, 3.05) is 0 Å². The fourth-order valence-electron chi connectivity index (χ4n) is 1.52. The molecule has 0 fully saturated rings. The average molecular weight is 251 g/mol. The Bertz CT molecular complexity index is 343. The fourth-order valence-corrected chi connectivity index (χ4v) is 1.52. The SMILES string of the molecule is CCCC(C)Oc1cnc(CNC(C)(C)C)cn1. The van der Waals surface area contributed by atoms with Crippen LogP contribution < -0.4 is 10.1 Å². The van der Waals surface area contributed by atoms with E-state index in [0.29, 0.717) is 5.88 Å². The number of nitrogens with one attached hydrogen (secondary N) is 1. The van der Waals surface area contributed by atoms with E-state index >= 15 is 0 Å². The normalized spacial score (nSPS) is 13.4. The molecular formula is C14H25N3O. The molecule has 0 radical (unpaired) electrons. The molecule has 0 saturated carbocycles. The van der Waals surface area contributed by atoms with E-state index in [9.17, 15) is 0 Å². The highest BCUT2D eigenvalue weighted by atomic mass is 16.5. The first-order valence-corrected chi connectivity index (χ1v) is 6.63. The van der Waals surface area contributed by atoms with Crippen molar-refractivity contribution in [3.05, 3.63) is 18.1 Å². The zero-order valence-electron chi connectivity index (χ0n) is 12.2. The minimum absolute atomic E-state index is 0.0898. The Morgan fingerprint density at radius 1 is 1.28 bits per heavy atom. The van der Waals surface area contributed by atoms with Gasteiger partial charge in [-0.05, 0) is 34.1 Å². The molecule has 1 rings (SSSR count). The highest BCUT2D eigenvalue weighted by Crippen LogP contribution is 2.10. The van der Waals surface area contributed by atoms with Crippen LogP contribution in [0.3, 0.4) is 0 Å². The van der Waals surface area contributed by atoms with Crippen LogP contribution in [0, 0.1) is 0 Å². The van der Waals surface area contributed by atoms with Crippen LogP contribution in [-0.4, -0.2) is 21.6 Å². The number of hydrogen-bond donors (Lipinski definition) is 1. The van der Waals surface area contributed by atoms with E-state index in [1.54, 1.807) is 12.4 Å². The molecule has 18 heavy (non-hydrogen) atoms. The lowest BCUT2D eigenvalue weighted by molar-refractivity contribution is 0.200. The Labute approximate surface area is 110 Å². The number of ether oxygens (including phenoxy) is 1. The zero-order chi connectivity index (χ0) is 13.6. The number of rotatable bonds is 6. The van der Waals surface area contributed by atoms with Crippen molar-refractivity contribution >= 4 is 0 Å². The van der Waals surface area contributed by atoms with Gasteiger partial charge in [-0.2, -0.15) is 0 Å². The number of hydrogen-bond acceptors (Lipinski definition) is 4. The molecule has 0 aromatic carbocycles. The molecule has 1 unspecified atom stereocenters. The molecule has 0 aliphatic rings. The maximum Gasteiger partial charge on any atom is 0.232 e. The third-order valence-electron chi connectivity index (χ3n) is 2.50. The minimum Gasteiger partial charge on any atom is -0.474 e. The van der Waals surface area contributed by atoms with Gasteiger partial charge in [-0.1, -0.05) is 13.3 Å². The van der Waals surface area contributed by atoms with Crippen LogP contribution in [0.4, 0.5) is 0 Å². The molecule has 0 amide bonds. The Hall–Kier alpha value is -1.16. The third kappa shape index (κ3) is 5.96. The molecular weight excluding hydrogens is 226 g/mol. The van der Waals surface area contributed by atoms with Crippen LogP contribution in [0.1, 0.15) is 53.2 Å². The van der Waals surface area contributed by atoms with Crippen LogP contribution in [0.15, 0.2) is 12.4 Å². The number of nitrogens with zero attached hydrogens (tertiary/aromatic N) is 2. The summed E-state index contributed by atoms with van der Waals surface area (Å²) in [7, 11) is 0. The summed E-state index contributed by atoms with van der Waals surface area (Å²) < 4.78 is 5.66. The molecule has 0 spiro atoms. The van der Waals surface area contributed by atoms with Gasteiger partial charge >= 0.3 is 0 Å². The van der Waals surface area contributed by atoms with Crippen LogP contribution in [0.2, 0.25) is 0 Å². The van der Waals surface area contributed by atoms with Gasteiger partial charge in [-0.15, -0.1) is 0 Å². The summed E-state index contributed by atoms with van der Waals surface area (Å²) in [6, 6.07) is 0. The molecule has 1 N–H and O–H groups in total. The van der Waals surface area contributed by atoms with Crippen molar-refractivity contribution in [1.29, 1.82) is 0 Å². The highest BCUT2D eigenvalue weighted by Gasteiger charge is 2.09.